The second-order valence-corrected chi connectivity index (χ2v) is 10.5. The molecular weight excluding hydrogens is 428 g/mol. The quantitative estimate of drug-likeness (QED) is 0.636. The number of nitrogens with zero attached hydrogens (tertiary/aromatic N) is 1. The van der Waals surface area contributed by atoms with Crippen LogP contribution >= 0.6 is 0 Å². The van der Waals surface area contributed by atoms with E-state index in [9.17, 15) is 22.8 Å². The van der Waals surface area contributed by atoms with Gasteiger partial charge >= 0.3 is 0 Å². The third-order valence-corrected chi connectivity index (χ3v) is 8.43. The van der Waals surface area contributed by atoms with Crippen molar-refractivity contribution in [3.8, 4) is 0 Å². The van der Waals surface area contributed by atoms with Gasteiger partial charge in [-0.15, -0.1) is 0 Å². The van der Waals surface area contributed by atoms with Gasteiger partial charge in [-0.2, -0.15) is 0 Å². The second-order valence-electron chi connectivity index (χ2n) is 8.31. The third-order valence-electron chi connectivity index (χ3n) is 6.15. The second kappa shape index (κ2) is 8.86. The molecule has 2 aliphatic rings. The minimum Gasteiger partial charge on any atom is -0.322 e. The highest BCUT2D eigenvalue weighted by Crippen LogP contribution is 2.30. The van der Waals surface area contributed by atoms with Crippen LogP contribution in [0, 0.1) is 0 Å². The SMILES string of the molecule is CCCCN1C(=O)c2ccc(C(=O)Nc3ccc(S(=O)(=O)C4CCCC4)cc3)cc2C1=O. The van der Waals surface area contributed by atoms with Crippen LogP contribution in [0.4, 0.5) is 5.69 Å². The summed E-state index contributed by atoms with van der Waals surface area (Å²) < 4.78 is 25.4. The van der Waals surface area contributed by atoms with Crippen LogP contribution in [0.5, 0.6) is 0 Å². The van der Waals surface area contributed by atoms with Gasteiger partial charge in [-0.05, 0) is 61.7 Å². The molecule has 1 saturated carbocycles. The Balaban J connectivity index is 1.48. The Labute approximate surface area is 187 Å². The molecule has 8 heteroatoms. The van der Waals surface area contributed by atoms with E-state index in [1.165, 1.54) is 35.2 Å². The summed E-state index contributed by atoms with van der Waals surface area (Å²) in [6, 6.07) is 10.6. The number of hydrogen-bond donors (Lipinski definition) is 1. The van der Waals surface area contributed by atoms with Gasteiger partial charge in [-0.25, -0.2) is 8.42 Å². The lowest BCUT2D eigenvalue weighted by atomic mass is 10.1. The molecule has 1 fully saturated rings. The minimum atomic E-state index is -3.35. The number of anilines is 1. The number of unbranched alkanes of at least 4 members (excludes halogenated alkanes) is 1. The van der Waals surface area contributed by atoms with Gasteiger partial charge in [0.25, 0.3) is 17.7 Å². The van der Waals surface area contributed by atoms with E-state index in [1.54, 1.807) is 12.1 Å². The van der Waals surface area contributed by atoms with Crippen LogP contribution in [0.25, 0.3) is 0 Å². The van der Waals surface area contributed by atoms with Crippen LogP contribution in [0.2, 0.25) is 0 Å². The largest absolute Gasteiger partial charge is 0.322 e. The molecule has 1 aliphatic carbocycles. The molecule has 0 radical (unpaired) electrons. The summed E-state index contributed by atoms with van der Waals surface area (Å²) in [6.07, 6.45) is 4.84. The van der Waals surface area contributed by atoms with Crippen LogP contribution in [0.1, 0.15) is 76.5 Å². The smallest absolute Gasteiger partial charge is 0.261 e. The van der Waals surface area contributed by atoms with Gasteiger partial charge in [0.05, 0.1) is 21.3 Å². The number of carbonyl (C=O) groups excluding carboxylic acids is 3. The Morgan fingerprint density at radius 2 is 1.66 bits per heavy atom. The van der Waals surface area contributed by atoms with Crippen LogP contribution in [-0.2, 0) is 9.84 Å². The highest BCUT2D eigenvalue weighted by molar-refractivity contribution is 7.92. The molecule has 0 spiro atoms. The first-order valence-corrected chi connectivity index (χ1v) is 12.5. The van der Waals surface area contributed by atoms with E-state index in [4.69, 9.17) is 0 Å². The average molecular weight is 455 g/mol. The van der Waals surface area contributed by atoms with E-state index in [0.717, 1.165) is 25.7 Å². The first-order chi connectivity index (χ1) is 15.3. The number of hydrogen-bond acceptors (Lipinski definition) is 5. The number of fused-ring (bicyclic) bond motifs is 1. The fourth-order valence-electron chi connectivity index (χ4n) is 4.27. The normalized spacial score (nSPS) is 16.5. The van der Waals surface area contributed by atoms with E-state index < -0.39 is 15.7 Å². The van der Waals surface area contributed by atoms with Gasteiger partial charge in [0.15, 0.2) is 9.84 Å². The lowest BCUT2D eigenvalue weighted by Gasteiger charge is -2.12. The molecule has 3 amide bonds. The minimum absolute atomic E-state index is 0.233. The Bertz CT molecular complexity index is 1170. The molecular formula is C24H26N2O5S. The van der Waals surface area contributed by atoms with Crippen molar-refractivity contribution in [2.45, 2.75) is 55.6 Å². The molecule has 0 atom stereocenters. The molecule has 2 aromatic carbocycles. The van der Waals surface area contributed by atoms with Gasteiger partial charge < -0.3 is 5.32 Å². The summed E-state index contributed by atoms with van der Waals surface area (Å²) in [5.41, 5.74) is 1.25. The Morgan fingerprint density at radius 1 is 1.00 bits per heavy atom. The van der Waals surface area contributed by atoms with Gasteiger partial charge in [0, 0.05) is 17.8 Å². The molecule has 0 bridgehead atoms. The van der Waals surface area contributed by atoms with E-state index in [0.29, 0.717) is 30.6 Å². The fraction of sp³-hybridized carbons (Fsp3) is 0.375. The summed E-state index contributed by atoms with van der Waals surface area (Å²) in [6.45, 7) is 2.35. The summed E-state index contributed by atoms with van der Waals surface area (Å²) in [5.74, 6) is -1.15. The lowest BCUT2D eigenvalue weighted by molar-refractivity contribution is 0.0652. The van der Waals surface area contributed by atoms with Crippen molar-refractivity contribution in [1.29, 1.82) is 0 Å². The molecule has 1 heterocycles. The number of sulfone groups is 1. The van der Waals surface area contributed by atoms with E-state index in [1.807, 2.05) is 6.92 Å². The number of carbonyl (C=O) groups is 3. The molecule has 2 aromatic rings. The molecule has 4 rings (SSSR count). The van der Waals surface area contributed by atoms with Gasteiger partial charge in [-0.3, -0.25) is 19.3 Å². The monoisotopic (exact) mass is 454 g/mol. The standard InChI is InChI=1S/C24H26N2O5S/c1-2-3-14-26-23(28)20-13-8-16(15-21(20)24(26)29)22(27)25-17-9-11-19(12-10-17)32(30,31)18-6-4-5-7-18/h8-13,15,18H,2-7,14H2,1H3,(H,25,27). The molecule has 1 aliphatic heterocycles. The number of nitrogens with one attached hydrogen (secondary N) is 1. The van der Waals surface area contributed by atoms with Crippen LogP contribution in [0.3, 0.4) is 0 Å². The van der Waals surface area contributed by atoms with Crippen LogP contribution in [-0.4, -0.2) is 42.8 Å². The highest BCUT2D eigenvalue weighted by Gasteiger charge is 2.35. The first-order valence-electron chi connectivity index (χ1n) is 11.0. The molecule has 0 aromatic heterocycles. The number of rotatable bonds is 7. The summed E-state index contributed by atoms with van der Waals surface area (Å²) in [4.78, 5) is 39.2. The molecule has 7 nitrogen and oxygen atoms in total. The van der Waals surface area contributed by atoms with Crippen LogP contribution < -0.4 is 5.32 Å². The Kier molecular flexibility index (Phi) is 6.15. The zero-order chi connectivity index (χ0) is 22.9. The molecule has 168 valence electrons. The van der Waals surface area contributed by atoms with Crippen LogP contribution in [0.15, 0.2) is 47.4 Å². The fourth-order valence-corrected chi connectivity index (χ4v) is 6.13. The van der Waals surface area contributed by atoms with Gasteiger partial charge in [-0.1, -0.05) is 26.2 Å². The van der Waals surface area contributed by atoms with Crippen molar-refractivity contribution in [2.75, 3.05) is 11.9 Å². The summed E-state index contributed by atoms with van der Waals surface area (Å²) in [7, 11) is -3.35. The third kappa shape index (κ3) is 4.07. The molecule has 32 heavy (non-hydrogen) atoms. The van der Waals surface area contributed by atoms with Crippen molar-refractivity contribution in [3.05, 3.63) is 59.2 Å². The van der Waals surface area contributed by atoms with Crippen molar-refractivity contribution < 1.29 is 22.8 Å². The molecule has 0 unspecified atom stereocenters. The highest BCUT2D eigenvalue weighted by atomic mass is 32.2. The average Bonchev–Trinajstić information content (AvgIpc) is 3.41. The van der Waals surface area contributed by atoms with E-state index >= 15 is 0 Å². The van der Waals surface area contributed by atoms with Crippen molar-refractivity contribution in [3.63, 3.8) is 0 Å². The van der Waals surface area contributed by atoms with Crippen molar-refractivity contribution >= 4 is 33.2 Å². The van der Waals surface area contributed by atoms with Crippen molar-refractivity contribution in [1.82, 2.24) is 4.90 Å². The van der Waals surface area contributed by atoms with Gasteiger partial charge in [0.1, 0.15) is 0 Å². The van der Waals surface area contributed by atoms with E-state index in [2.05, 4.69) is 5.32 Å². The first kappa shape index (κ1) is 22.2. The van der Waals surface area contributed by atoms with E-state index in [-0.39, 0.29) is 33.1 Å². The molecule has 0 saturated heterocycles. The predicted octanol–water partition coefficient (Wildman–Crippen LogP) is 4.05. The maximum atomic E-state index is 12.7. The predicted molar refractivity (Wildman–Crippen MR) is 121 cm³/mol. The van der Waals surface area contributed by atoms with Gasteiger partial charge in [0.2, 0.25) is 0 Å². The number of amides is 3. The maximum absolute atomic E-state index is 12.7. The summed E-state index contributed by atoms with van der Waals surface area (Å²) in [5, 5.41) is 2.40. The Hall–Kier alpha value is -3.00. The lowest BCUT2D eigenvalue weighted by Crippen LogP contribution is -2.30. The summed E-state index contributed by atoms with van der Waals surface area (Å²) >= 11 is 0. The zero-order valence-corrected chi connectivity index (χ0v) is 18.8. The number of imide groups is 1. The maximum Gasteiger partial charge on any atom is 0.261 e. The molecule has 1 N–H and O–H groups in total. The zero-order valence-electron chi connectivity index (χ0n) is 18.0. The topological polar surface area (TPSA) is 101 Å². The Morgan fingerprint density at radius 3 is 2.31 bits per heavy atom. The van der Waals surface area contributed by atoms with Crippen molar-refractivity contribution in [2.24, 2.45) is 0 Å². The number of benzene rings is 2.